The van der Waals surface area contributed by atoms with Gasteiger partial charge in [-0.25, -0.2) is 0 Å². The Labute approximate surface area is 117 Å². The monoisotopic (exact) mass is 275 g/mol. The first-order valence-electron chi connectivity index (χ1n) is 6.11. The van der Waals surface area contributed by atoms with Crippen LogP contribution < -0.4 is 14.8 Å². The maximum atomic E-state index is 6.11. The lowest BCUT2D eigenvalue weighted by Crippen LogP contribution is -1.99. The van der Waals surface area contributed by atoms with Gasteiger partial charge in [-0.1, -0.05) is 23.7 Å². The Morgan fingerprint density at radius 2 is 1.95 bits per heavy atom. The van der Waals surface area contributed by atoms with Gasteiger partial charge in [-0.05, 0) is 36.2 Å². The lowest BCUT2D eigenvalue weighted by molar-refractivity contribution is 0.174. The minimum absolute atomic E-state index is 0.298. The van der Waals surface area contributed by atoms with E-state index in [1.165, 1.54) is 0 Å². The summed E-state index contributed by atoms with van der Waals surface area (Å²) in [5, 5.41) is 4.14. The Balaban J connectivity index is 1.70. The molecule has 1 aliphatic heterocycles. The Bertz CT molecular complexity index is 613. The molecule has 0 radical (unpaired) electrons. The molecule has 3 nitrogen and oxygen atoms in total. The summed E-state index contributed by atoms with van der Waals surface area (Å²) in [4.78, 5) is 0. The molecule has 0 unspecified atom stereocenters. The number of anilines is 1. The molecule has 1 heterocycles. The van der Waals surface area contributed by atoms with Crippen molar-refractivity contribution >= 4 is 17.3 Å². The molecule has 2 aromatic rings. The van der Waals surface area contributed by atoms with Crippen molar-refractivity contribution in [2.75, 3.05) is 12.1 Å². The average Bonchev–Trinajstić information content (AvgIpc) is 2.87. The molecule has 0 saturated heterocycles. The van der Waals surface area contributed by atoms with Crippen molar-refractivity contribution in [1.82, 2.24) is 0 Å². The number of fused-ring (bicyclic) bond motifs is 1. The second-order valence-corrected chi connectivity index (χ2v) is 4.91. The average molecular weight is 276 g/mol. The fraction of sp³-hybridized carbons (Fsp3) is 0.200. The Morgan fingerprint density at radius 1 is 1.11 bits per heavy atom. The van der Waals surface area contributed by atoms with Gasteiger partial charge >= 0.3 is 0 Å². The van der Waals surface area contributed by atoms with E-state index in [0.717, 1.165) is 39.9 Å². The smallest absolute Gasteiger partial charge is 0.231 e. The minimum Gasteiger partial charge on any atom is -0.454 e. The van der Waals surface area contributed by atoms with Crippen molar-refractivity contribution < 1.29 is 9.47 Å². The van der Waals surface area contributed by atoms with Gasteiger partial charge in [0.1, 0.15) is 0 Å². The molecule has 2 aromatic carbocycles. The van der Waals surface area contributed by atoms with Crippen LogP contribution in [0.4, 0.5) is 5.69 Å². The highest BCUT2D eigenvalue weighted by Crippen LogP contribution is 2.34. The van der Waals surface area contributed by atoms with Crippen LogP contribution in [0.2, 0.25) is 5.02 Å². The highest BCUT2D eigenvalue weighted by atomic mass is 35.5. The zero-order valence-corrected chi connectivity index (χ0v) is 11.3. The molecule has 0 fully saturated rings. The van der Waals surface area contributed by atoms with Crippen molar-refractivity contribution in [2.24, 2.45) is 0 Å². The Hall–Kier alpha value is -1.87. The number of hydrogen-bond donors (Lipinski definition) is 1. The van der Waals surface area contributed by atoms with Crippen LogP contribution in [-0.2, 0) is 6.54 Å². The van der Waals surface area contributed by atoms with Gasteiger partial charge in [0.15, 0.2) is 11.5 Å². The number of nitrogens with one attached hydrogen (secondary N) is 1. The lowest BCUT2D eigenvalue weighted by atomic mass is 10.1. The third-order valence-electron chi connectivity index (χ3n) is 3.11. The number of ether oxygens (including phenoxy) is 2. The molecule has 0 amide bonds. The molecular formula is C15H14ClNO2. The zero-order valence-electron chi connectivity index (χ0n) is 10.6. The Kier molecular flexibility index (Phi) is 3.22. The summed E-state index contributed by atoms with van der Waals surface area (Å²) < 4.78 is 10.6. The molecule has 0 saturated carbocycles. The predicted molar refractivity (Wildman–Crippen MR) is 76.1 cm³/mol. The third kappa shape index (κ3) is 2.61. The van der Waals surface area contributed by atoms with E-state index in [0.29, 0.717) is 6.79 Å². The van der Waals surface area contributed by atoms with E-state index >= 15 is 0 Å². The van der Waals surface area contributed by atoms with E-state index in [2.05, 4.69) is 11.4 Å². The van der Waals surface area contributed by atoms with E-state index in [1.54, 1.807) is 0 Å². The van der Waals surface area contributed by atoms with Crippen LogP contribution in [0.15, 0.2) is 36.4 Å². The molecular weight excluding hydrogens is 262 g/mol. The lowest BCUT2D eigenvalue weighted by Gasteiger charge is -2.08. The largest absolute Gasteiger partial charge is 0.454 e. The van der Waals surface area contributed by atoms with E-state index in [9.17, 15) is 0 Å². The topological polar surface area (TPSA) is 30.5 Å². The van der Waals surface area contributed by atoms with E-state index in [1.807, 2.05) is 37.3 Å². The first kappa shape index (κ1) is 12.2. The van der Waals surface area contributed by atoms with Crippen molar-refractivity contribution in [3.63, 3.8) is 0 Å². The normalized spacial score (nSPS) is 12.5. The van der Waals surface area contributed by atoms with E-state index in [-0.39, 0.29) is 0 Å². The van der Waals surface area contributed by atoms with Crippen molar-refractivity contribution in [3.05, 3.63) is 52.5 Å². The van der Waals surface area contributed by atoms with E-state index < -0.39 is 0 Å². The molecule has 1 aliphatic rings. The molecule has 0 spiro atoms. The molecule has 0 atom stereocenters. The summed E-state index contributed by atoms with van der Waals surface area (Å²) >= 11 is 6.11. The van der Waals surface area contributed by atoms with Crippen molar-refractivity contribution in [1.29, 1.82) is 0 Å². The van der Waals surface area contributed by atoms with Crippen LogP contribution in [-0.4, -0.2) is 6.79 Å². The zero-order chi connectivity index (χ0) is 13.2. The molecule has 98 valence electrons. The first-order valence-corrected chi connectivity index (χ1v) is 6.49. The number of benzene rings is 2. The summed E-state index contributed by atoms with van der Waals surface area (Å²) in [6.45, 7) is 3.02. The second kappa shape index (κ2) is 5.02. The van der Waals surface area contributed by atoms with Crippen molar-refractivity contribution in [3.8, 4) is 11.5 Å². The molecule has 0 aliphatic carbocycles. The Morgan fingerprint density at radius 3 is 2.79 bits per heavy atom. The standard InChI is InChI=1S/C15H14ClNO2/c1-10-2-3-11(6-13(10)16)8-17-12-4-5-14-15(7-12)19-9-18-14/h2-7,17H,8-9H2,1H3. The molecule has 1 N–H and O–H groups in total. The van der Waals surface area contributed by atoms with Gasteiger partial charge in [0.2, 0.25) is 6.79 Å². The van der Waals surface area contributed by atoms with Crippen LogP contribution in [0.25, 0.3) is 0 Å². The van der Waals surface area contributed by atoms with Gasteiger partial charge in [0.25, 0.3) is 0 Å². The summed E-state index contributed by atoms with van der Waals surface area (Å²) in [7, 11) is 0. The fourth-order valence-electron chi connectivity index (χ4n) is 1.96. The SMILES string of the molecule is Cc1ccc(CNc2ccc3c(c2)OCO3)cc1Cl. The minimum atomic E-state index is 0.298. The summed E-state index contributed by atoms with van der Waals surface area (Å²) in [6.07, 6.45) is 0. The van der Waals surface area contributed by atoms with Crippen LogP contribution in [0.1, 0.15) is 11.1 Å². The number of hydrogen-bond acceptors (Lipinski definition) is 3. The quantitative estimate of drug-likeness (QED) is 0.919. The second-order valence-electron chi connectivity index (χ2n) is 4.51. The number of halogens is 1. The van der Waals surface area contributed by atoms with E-state index in [4.69, 9.17) is 21.1 Å². The first-order chi connectivity index (χ1) is 9.22. The highest BCUT2D eigenvalue weighted by molar-refractivity contribution is 6.31. The summed E-state index contributed by atoms with van der Waals surface area (Å²) in [6, 6.07) is 11.9. The molecule has 4 heteroatoms. The van der Waals surface area contributed by atoms with Crippen LogP contribution in [0.5, 0.6) is 11.5 Å². The fourth-order valence-corrected chi connectivity index (χ4v) is 2.16. The van der Waals surface area contributed by atoms with Crippen molar-refractivity contribution in [2.45, 2.75) is 13.5 Å². The van der Waals surface area contributed by atoms with Crippen LogP contribution >= 0.6 is 11.6 Å². The predicted octanol–water partition coefficient (Wildman–Crippen LogP) is 3.99. The molecule has 0 aromatic heterocycles. The van der Waals surface area contributed by atoms with Gasteiger partial charge in [-0.2, -0.15) is 0 Å². The number of aryl methyl sites for hydroxylation is 1. The molecule has 3 rings (SSSR count). The van der Waals surface area contributed by atoms with Crippen LogP contribution in [0.3, 0.4) is 0 Å². The maximum absolute atomic E-state index is 6.11. The summed E-state index contributed by atoms with van der Waals surface area (Å²) in [5.74, 6) is 1.58. The summed E-state index contributed by atoms with van der Waals surface area (Å²) in [5.41, 5.74) is 3.24. The highest BCUT2D eigenvalue weighted by Gasteiger charge is 2.12. The maximum Gasteiger partial charge on any atom is 0.231 e. The van der Waals surface area contributed by atoms with Gasteiger partial charge < -0.3 is 14.8 Å². The third-order valence-corrected chi connectivity index (χ3v) is 3.51. The molecule has 19 heavy (non-hydrogen) atoms. The molecule has 0 bridgehead atoms. The van der Waals surface area contributed by atoms with Gasteiger partial charge in [-0.15, -0.1) is 0 Å². The number of rotatable bonds is 3. The van der Waals surface area contributed by atoms with Crippen LogP contribution in [0, 0.1) is 6.92 Å². The van der Waals surface area contributed by atoms with Gasteiger partial charge in [0.05, 0.1) is 0 Å². The van der Waals surface area contributed by atoms with Gasteiger partial charge in [0, 0.05) is 23.3 Å². The van der Waals surface area contributed by atoms with Gasteiger partial charge in [-0.3, -0.25) is 0 Å².